The number of pyridine rings is 3. The van der Waals surface area contributed by atoms with Gasteiger partial charge in [0.1, 0.15) is 22.7 Å². The van der Waals surface area contributed by atoms with E-state index in [0.29, 0.717) is 44.4 Å². The Morgan fingerprint density at radius 1 is 1.07 bits per heavy atom. The van der Waals surface area contributed by atoms with Crippen molar-refractivity contribution < 1.29 is 14.0 Å². The molecule has 12 heteroatoms. The predicted octanol–water partition coefficient (Wildman–Crippen LogP) is 6.55. The lowest BCUT2D eigenvalue weighted by Crippen LogP contribution is -2.24. The molecule has 210 valence electrons. The summed E-state index contributed by atoms with van der Waals surface area (Å²) < 4.78 is 16.2. The Morgan fingerprint density at radius 2 is 1.93 bits per heavy atom. The van der Waals surface area contributed by atoms with Gasteiger partial charge in [-0.1, -0.05) is 19.3 Å². The van der Waals surface area contributed by atoms with Crippen LogP contribution in [0.5, 0.6) is 0 Å². The molecule has 0 aliphatic heterocycles. The van der Waals surface area contributed by atoms with Crippen LogP contribution in [0.3, 0.4) is 0 Å². The van der Waals surface area contributed by atoms with E-state index in [2.05, 4.69) is 35.5 Å². The number of thiophene rings is 1. The van der Waals surface area contributed by atoms with E-state index in [1.807, 2.05) is 6.07 Å². The van der Waals surface area contributed by atoms with Crippen LogP contribution < -0.4 is 5.32 Å². The topological polar surface area (TPSA) is 142 Å². The van der Waals surface area contributed by atoms with Crippen molar-refractivity contribution in [3.8, 4) is 33.2 Å². The minimum absolute atomic E-state index is 0.0128. The average molecular weight is 581 g/mol. The quantitative estimate of drug-likeness (QED) is 0.190. The van der Waals surface area contributed by atoms with Gasteiger partial charge in [0, 0.05) is 35.6 Å². The first-order valence-electron chi connectivity index (χ1n) is 13.7. The summed E-state index contributed by atoms with van der Waals surface area (Å²) in [5, 5.41) is 10.2. The van der Waals surface area contributed by atoms with Crippen LogP contribution in [0.15, 0.2) is 49.1 Å². The number of carbonyl (C=O) groups excluding carboxylic acids is 2. The van der Waals surface area contributed by atoms with E-state index in [4.69, 9.17) is 4.98 Å². The number of aromatic amines is 2. The maximum absolute atomic E-state index is 16.2. The number of amides is 1. The fraction of sp³-hybridized carbons (Fsp3) is 0.233. The molecule has 10 nitrogen and oxygen atoms in total. The second-order valence-corrected chi connectivity index (χ2v) is 11.5. The molecule has 7 rings (SSSR count). The van der Waals surface area contributed by atoms with Gasteiger partial charge in [-0.05, 0) is 44.0 Å². The van der Waals surface area contributed by atoms with Crippen molar-refractivity contribution in [2.45, 2.75) is 39.0 Å². The molecule has 1 aliphatic carbocycles. The molecule has 42 heavy (non-hydrogen) atoms. The number of carbonyl (C=O) groups is 2. The average Bonchev–Trinajstić information content (AvgIpc) is 3.76. The molecule has 0 atom stereocenters. The van der Waals surface area contributed by atoms with Crippen molar-refractivity contribution in [1.29, 1.82) is 0 Å². The highest BCUT2D eigenvalue weighted by Crippen LogP contribution is 2.36. The Bertz CT molecular complexity index is 1990. The van der Waals surface area contributed by atoms with Gasteiger partial charge in [0.05, 0.1) is 32.5 Å². The molecular weight excluding hydrogens is 555 g/mol. The molecule has 1 saturated carbocycles. The van der Waals surface area contributed by atoms with Crippen LogP contribution in [-0.2, 0) is 4.79 Å². The van der Waals surface area contributed by atoms with Crippen LogP contribution in [-0.4, -0.2) is 46.8 Å². The van der Waals surface area contributed by atoms with Crippen LogP contribution in [0.4, 0.5) is 10.1 Å². The van der Waals surface area contributed by atoms with Gasteiger partial charge in [-0.2, -0.15) is 5.10 Å². The molecule has 0 radical (unpaired) electrons. The first-order chi connectivity index (χ1) is 20.5. The molecule has 0 saturated heterocycles. The van der Waals surface area contributed by atoms with Crippen LogP contribution in [0.25, 0.3) is 55.3 Å². The number of hydrogen-bond donors (Lipinski definition) is 3. The highest BCUT2D eigenvalue weighted by atomic mass is 32.1. The molecule has 1 aliphatic rings. The highest BCUT2D eigenvalue weighted by molar-refractivity contribution is 7.17. The summed E-state index contributed by atoms with van der Waals surface area (Å²) in [4.78, 5) is 47.2. The van der Waals surface area contributed by atoms with Gasteiger partial charge in [-0.15, -0.1) is 11.3 Å². The summed E-state index contributed by atoms with van der Waals surface area (Å²) in [5.74, 6) is -0.227. The minimum atomic E-state index is -0.538. The Balaban J connectivity index is 1.25. The second kappa shape index (κ2) is 10.5. The molecule has 6 aromatic heterocycles. The van der Waals surface area contributed by atoms with Crippen LogP contribution >= 0.6 is 11.3 Å². The zero-order valence-corrected chi connectivity index (χ0v) is 23.4. The zero-order chi connectivity index (χ0) is 28.8. The molecule has 0 aromatic carbocycles. The first kappa shape index (κ1) is 26.1. The normalized spacial score (nSPS) is 14.0. The molecule has 3 N–H and O–H groups in total. The molecule has 0 spiro atoms. The van der Waals surface area contributed by atoms with E-state index in [9.17, 15) is 9.59 Å². The molecule has 1 fully saturated rings. The molecule has 1 amide bonds. The Hall–Kier alpha value is -4.84. The van der Waals surface area contributed by atoms with Gasteiger partial charge < -0.3 is 10.3 Å². The van der Waals surface area contributed by atoms with E-state index in [1.54, 1.807) is 30.6 Å². The van der Waals surface area contributed by atoms with Gasteiger partial charge in [-0.3, -0.25) is 24.7 Å². The van der Waals surface area contributed by atoms with E-state index < -0.39 is 5.82 Å². The lowest BCUT2D eigenvalue weighted by atomic mass is 9.88. The summed E-state index contributed by atoms with van der Waals surface area (Å²) >= 11 is 1.34. The first-order valence-corrected chi connectivity index (χ1v) is 14.5. The Labute approximate surface area is 242 Å². The lowest BCUT2D eigenvalue weighted by molar-refractivity contribution is -0.120. The number of anilines is 1. The molecule has 0 unspecified atom stereocenters. The molecule has 0 bridgehead atoms. The largest absolute Gasteiger partial charge is 0.337 e. The van der Waals surface area contributed by atoms with Gasteiger partial charge in [0.15, 0.2) is 17.3 Å². The number of aromatic nitrogens is 7. The second-order valence-electron chi connectivity index (χ2n) is 10.4. The number of ketones is 1. The number of nitrogens with one attached hydrogen (secondary N) is 3. The summed E-state index contributed by atoms with van der Waals surface area (Å²) in [7, 11) is 0. The predicted molar refractivity (Wildman–Crippen MR) is 158 cm³/mol. The number of Topliss-reactive ketones (excluding diaryl/α,β-unsaturated/α-hetero) is 1. The number of fused-ring (bicyclic) bond motifs is 2. The summed E-state index contributed by atoms with van der Waals surface area (Å²) in [6, 6.07) is 7.10. The van der Waals surface area contributed by atoms with Crippen molar-refractivity contribution in [2.75, 3.05) is 5.32 Å². The SMILES string of the molecule is CC(=O)c1ccc(-c2nccc3[nH]c(-c4[nH]nc5ncc(-c6cncc(NC(=O)C7CCCCC7)c6)c(F)c45)nc23)s1. The van der Waals surface area contributed by atoms with Crippen molar-refractivity contribution in [2.24, 2.45) is 5.92 Å². The fourth-order valence-corrected chi connectivity index (χ4v) is 6.38. The van der Waals surface area contributed by atoms with E-state index in [-0.39, 0.29) is 34.2 Å². The summed E-state index contributed by atoms with van der Waals surface area (Å²) in [6.45, 7) is 1.52. The molecule has 6 aromatic rings. The highest BCUT2D eigenvalue weighted by Gasteiger charge is 2.23. The van der Waals surface area contributed by atoms with Crippen LogP contribution in [0, 0.1) is 11.7 Å². The van der Waals surface area contributed by atoms with Gasteiger partial charge >= 0.3 is 0 Å². The standard InChI is InChI=1S/C30H25FN8O2S/c1-15(40)21-7-8-22(42-21)26-25-20(9-10-33-26)36-29(37-25)27-23-24(31)19(14-34-28(23)39-38-27)17-11-18(13-32-12-17)35-30(41)16-5-3-2-4-6-16/h7-14,16H,2-6H2,1H3,(H,35,41)(H,36,37)(H,34,38,39). The van der Waals surface area contributed by atoms with E-state index in [1.165, 1.54) is 30.7 Å². The van der Waals surface area contributed by atoms with Gasteiger partial charge in [-0.25, -0.2) is 14.4 Å². The summed E-state index contributed by atoms with van der Waals surface area (Å²) in [5.41, 5.74) is 3.65. The number of imidazole rings is 1. The Morgan fingerprint density at radius 3 is 2.74 bits per heavy atom. The number of nitrogens with zero attached hydrogens (tertiary/aromatic N) is 5. The van der Waals surface area contributed by atoms with Gasteiger partial charge in [0.2, 0.25) is 5.91 Å². The third-order valence-corrected chi connectivity index (χ3v) is 8.83. The number of hydrogen-bond acceptors (Lipinski definition) is 8. The maximum atomic E-state index is 16.2. The lowest BCUT2D eigenvalue weighted by Gasteiger charge is -2.20. The number of halogens is 1. The molecule has 6 heterocycles. The Kier molecular flexibility index (Phi) is 6.54. The molecular formula is C30H25FN8O2S. The van der Waals surface area contributed by atoms with Crippen molar-refractivity contribution >= 4 is 50.8 Å². The number of rotatable bonds is 6. The maximum Gasteiger partial charge on any atom is 0.227 e. The van der Waals surface area contributed by atoms with E-state index in [0.717, 1.165) is 37.0 Å². The van der Waals surface area contributed by atoms with Crippen LogP contribution in [0.2, 0.25) is 0 Å². The van der Waals surface area contributed by atoms with Gasteiger partial charge in [0.25, 0.3) is 0 Å². The zero-order valence-electron chi connectivity index (χ0n) is 22.6. The van der Waals surface area contributed by atoms with Crippen molar-refractivity contribution in [3.63, 3.8) is 0 Å². The monoisotopic (exact) mass is 580 g/mol. The smallest absolute Gasteiger partial charge is 0.227 e. The minimum Gasteiger partial charge on any atom is -0.337 e. The van der Waals surface area contributed by atoms with Crippen LogP contribution in [0.1, 0.15) is 48.7 Å². The third kappa shape index (κ3) is 4.63. The summed E-state index contributed by atoms with van der Waals surface area (Å²) in [6.07, 6.45) is 11.2. The van der Waals surface area contributed by atoms with E-state index >= 15 is 4.39 Å². The van der Waals surface area contributed by atoms with Crippen molar-refractivity contribution in [3.05, 3.63) is 59.7 Å². The third-order valence-electron chi connectivity index (χ3n) is 7.64. The fourth-order valence-electron chi connectivity index (χ4n) is 5.48. The van der Waals surface area contributed by atoms with Crippen molar-refractivity contribution in [1.82, 2.24) is 35.1 Å². The number of H-pyrrole nitrogens is 2.